The molecule has 2 nitrogen and oxygen atoms in total. The Balaban J connectivity index is 2.35. The van der Waals surface area contributed by atoms with Gasteiger partial charge in [-0.1, -0.05) is 18.2 Å². The van der Waals surface area contributed by atoms with Gasteiger partial charge in [0.15, 0.2) is 0 Å². The molecule has 0 aliphatic carbocycles. The molecular formula is C13H14F2N2S. The number of hydrogen-bond acceptors (Lipinski definition) is 3. The molecule has 1 atom stereocenters. The molecule has 0 saturated carbocycles. The summed E-state index contributed by atoms with van der Waals surface area (Å²) in [5.41, 5.74) is 1.80. The van der Waals surface area contributed by atoms with Crippen LogP contribution in [0.15, 0.2) is 29.6 Å². The lowest BCUT2D eigenvalue weighted by molar-refractivity contribution is 0.151. The molecular weight excluding hydrogens is 254 g/mol. The van der Waals surface area contributed by atoms with Crippen LogP contribution in [-0.2, 0) is 0 Å². The van der Waals surface area contributed by atoms with Crippen LogP contribution in [0.25, 0.3) is 0 Å². The van der Waals surface area contributed by atoms with E-state index in [4.69, 9.17) is 0 Å². The molecule has 1 aromatic carbocycles. The van der Waals surface area contributed by atoms with E-state index < -0.39 is 6.43 Å². The second-order valence-corrected chi connectivity index (χ2v) is 4.91. The van der Waals surface area contributed by atoms with Crippen molar-refractivity contribution in [1.29, 1.82) is 0 Å². The highest BCUT2D eigenvalue weighted by Gasteiger charge is 2.17. The molecule has 2 aromatic rings. The predicted octanol–water partition coefficient (Wildman–Crippen LogP) is 3.70. The minimum absolute atomic E-state index is 0.0426. The third-order valence-electron chi connectivity index (χ3n) is 2.67. The lowest BCUT2D eigenvalue weighted by atomic mass is 10.0. The number of rotatable bonds is 4. The standard InChI is InChI=1S/C13H14F2N2S/c1-8-7-18-13(17-8)11(16-2)9-4-3-5-10(6-9)12(14)15/h3-7,11-12,16H,1-2H3. The van der Waals surface area contributed by atoms with Gasteiger partial charge < -0.3 is 5.32 Å². The lowest BCUT2D eigenvalue weighted by Gasteiger charge is -2.15. The molecule has 0 bridgehead atoms. The Morgan fingerprint density at radius 3 is 2.56 bits per heavy atom. The normalized spacial score (nSPS) is 12.9. The first-order valence-corrected chi connectivity index (χ1v) is 6.47. The maximum atomic E-state index is 12.7. The van der Waals surface area contributed by atoms with E-state index in [2.05, 4.69) is 10.3 Å². The highest BCUT2D eigenvalue weighted by Crippen LogP contribution is 2.27. The number of aromatic nitrogens is 1. The second-order valence-electron chi connectivity index (χ2n) is 4.02. The van der Waals surface area contributed by atoms with Crippen LogP contribution in [-0.4, -0.2) is 12.0 Å². The van der Waals surface area contributed by atoms with Gasteiger partial charge in [-0.3, -0.25) is 0 Å². The topological polar surface area (TPSA) is 24.9 Å². The van der Waals surface area contributed by atoms with E-state index in [1.54, 1.807) is 13.1 Å². The summed E-state index contributed by atoms with van der Waals surface area (Å²) in [6.07, 6.45) is -2.44. The molecule has 0 aliphatic heterocycles. The number of nitrogens with one attached hydrogen (secondary N) is 1. The maximum Gasteiger partial charge on any atom is 0.263 e. The summed E-state index contributed by atoms with van der Waals surface area (Å²) >= 11 is 1.53. The van der Waals surface area contributed by atoms with Crippen molar-refractivity contribution in [2.45, 2.75) is 19.4 Å². The Hall–Kier alpha value is -1.33. The van der Waals surface area contributed by atoms with E-state index in [1.807, 2.05) is 18.4 Å². The van der Waals surface area contributed by atoms with Crippen molar-refractivity contribution >= 4 is 11.3 Å². The number of benzene rings is 1. The molecule has 96 valence electrons. The minimum atomic E-state index is -2.44. The molecule has 5 heteroatoms. The van der Waals surface area contributed by atoms with Gasteiger partial charge >= 0.3 is 0 Å². The highest BCUT2D eigenvalue weighted by molar-refractivity contribution is 7.09. The smallest absolute Gasteiger partial charge is 0.263 e. The molecule has 1 heterocycles. The molecule has 0 saturated heterocycles. The molecule has 0 aliphatic rings. The van der Waals surface area contributed by atoms with E-state index in [0.717, 1.165) is 16.3 Å². The van der Waals surface area contributed by atoms with Gasteiger partial charge in [0, 0.05) is 16.6 Å². The largest absolute Gasteiger partial charge is 0.307 e. The van der Waals surface area contributed by atoms with E-state index in [1.165, 1.54) is 23.5 Å². The zero-order valence-corrected chi connectivity index (χ0v) is 11.0. The van der Waals surface area contributed by atoms with Crippen molar-refractivity contribution in [2.24, 2.45) is 0 Å². The van der Waals surface area contributed by atoms with E-state index in [-0.39, 0.29) is 11.6 Å². The van der Waals surface area contributed by atoms with E-state index in [9.17, 15) is 8.78 Å². The van der Waals surface area contributed by atoms with E-state index in [0.29, 0.717) is 0 Å². The van der Waals surface area contributed by atoms with Gasteiger partial charge in [-0.2, -0.15) is 0 Å². The van der Waals surface area contributed by atoms with Crippen LogP contribution in [0.5, 0.6) is 0 Å². The fourth-order valence-corrected chi connectivity index (χ4v) is 2.74. The van der Waals surface area contributed by atoms with Gasteiger partial charge in [0.2, 0.25) is 0 Å². The predicted molar refractivity (Wildman–Crippen MR) is 69.2 cm³/mol. The maximum absolute atomic E-state index is 12.7. The monoisotopic (exact) mass is 268 g/mol. The summed E-state index contributed by atoms with van der Waals surface area (Å²) in [6, 6.07) is 6.32. The second kappa shape index (κ2) is 5.54. The Bertz CT molecular complexity index is 525. The van der Waals surface area contributed by atoms with Crippen molar-refractivity contribution in [1.82, 2.24) is 10.3 Å². The SMILES string of the molecule is CNC(c1cccc(C(F)F)c1)c1nc(C)cs1. The van der Waals surface area contributed by atoms with Gasteiger partial charge in [-0.15, -0.1) is 11.3 Å². The summed E-state index contributed by atoms with van der Waals surface area (Å²) in [7, 11) is 1.80. The fourth-order valence-electron chi connectivity index (χ4n) is 1.81. The molecule has 1 N–H and O–H groups in total. The summed E-state index contributed by atoms with van der Waals surface area (Å²) < 4.78 is 25.4. The Labute approximate surface area is 109 Å². The van der Waals surface area contributed by atoms with Crippen LogP contribution in [0.4, 0.5) is 8.78 Å². The number of aryl methyl sites for hydroxylation is 1. The van der Waals surface area contributed by atoms with Gasteiger partial charge in [-0.25, -0.2) is 13.8 Å². The number of halogens is 2. The van der Waals surface area contributed by atoms with Gasteiger partial charge in [0.25, 0.3) is 6.43 Å². The van der Waals surface area contributed by atoms with Crippen molar-refractivity contribution in [3.05, 3.63) is 51.5 Å². The summed E-state index contributed by atoms with van der Waals surface area (Å²) in [5, 5.41) is 5.96. The average molecular weight is 268 g/mol. The van der Waals surface area contributed by atoms with Gasteiger partial charge in [-0.05, 0) is 25.6 Å². The van der Waals surface area contributed by atoms with Crippen LogP contribution in [0.3, 0.4) is 0 Å². The zero-order valence-electron chi connectivity index (χ0n) is 10.2. The Morgan fingerprint density at radius 1 is 1.28 bits per heavy atom. The van der Waals surface area contributed by atoms with Crippen LogP contribution < -0.4 is 5.32 Å². The number of thiazole rings is 1. The van der Waals surface area contributed by atoms with Crippen LogP contribution in [0, 0.1) is 6.92 Å². The number of nitrogens with zero attached hydrogens (tertiary/aromatic N) is 1. The van der Waals surface area contributed by atoms with Crippen molar-refractivity contribution in [2.75, 3.05) is 7.05 Å². The molecule has 2 rings (SSSR count). The van der Waals surface area contributed by atoms with E-state index >= 15 is 0 Å². The Morgan fingerprint density at radius 2 is 2.00 bits per heavy atom. The van der Waals surface area contributed by atoms with Gasteiger partial charge in [0.1, 0.15) is 5.01 Å². The summed E-state index contributed by atoms with van der Waals surface area (Å²) in [6.45, 7) is 1.92. The molecule has 0 fully saturated rings. The Kier molecular flexibility index (Phi) is 4.04. The van der Waals surface area contributed by atoms with Crippen LogP contribution >= 0.6 is 11.3 Å². The summed E-state index contributed by atoms with van der Waals surface area (Å²) in [5.74, 6) is 0. The molecule has 0 amide bonds. The molecule has 0 radical (unpaired) electrons. The van der Waals surface area contributed by atoms with Crippen molar-refractivity contribution in [3.8, 4) is 0 Å². The first kappa shape index (κ1) is 13.1. The molecule has 0 spiro atoms. The molecule has 1 unspecified atom stereocenters. The number of hydrogen-bond donors (Lipinski definition) is 1. The third-order valence-corrected chi connectivity index (χ3v) is 3.70. The molecule has 1 aromatic heterocycles. The highest BCUT2D eigenvalue weighted by atomic mass is 32.1. The molecule has 18 heavy (non-hydrogen) atoms. The first-order chi connectivity index (χ1) is 8.61. The fraction of sp³-hybridized carbons (Fsp3) is 0.308. The van der Waals surface area contributed by atoms with Crippen molar-refractivity contribution < 1.29 is 8.78 Å². The number of alkyl halides is 2. The van der Waals surface area contributed by atoms with Crippen molar-refractivity contribution in [3.63, 3.8) is 0 Å². The lowest BCUT2D eigenvalue weighted by Crippen LogP contribution is -2.17. The first-order valence-electron chi connectivity index (χ1n) is 5.59. The average Bonchev–Trinajstić information content (AvgIpc) is 2.77. The van der Waals surface area contributed by atoms with Crippen LogP contribution in [0.2, 0.25) is 0 Å². The third kappa shape index (κ3) is 2.73. The summed E-state index contributed by atoms with van der Waals surface area (Å²) in [4.78, 5) is 4.40. The van der Waals surface area contributed by atoms with Crippen LogP contribution in [0.1, 0.15) is 34.3 Å². The quantitative estimate of drug-likeness (QED) is 0.914. The van der Waals surface area contributed by atoms with Gasteiger partial charge in [0.05, 0.1) is 6.04 Å². The minimum Gasteiger partial charge on any atom is -0.307 e. The zero-order chi connectivity index (χ0) is 13.1.